The summed E-state index contributed by atoms with van der Waals surface area (Å²) in [6, 6.07) is 1.73. The second-order valence-corrected chi connectivity index (χ2v) is 8.66. The number of hydrogen-bond acceptors (Lipinski definition) is 7. The summed E-state index contributed by atoms with van der Waals surface area (Å²) >= 11 is 0. The fourth-order valence-electron chi connectivity index (χ4n) is 5.25. The van der Waals surface area contributed by atoms with Crippen LogP contribution in [0.3, 0.4) is 0 Å². The third-order valence-corrected chi connectivity index (χ3v) is 7.21. The van der Waals surface area contributed by atoms with Gasteiger partial charge in [-0.05, 0) is 37.5 Å². The first-order chi connectivity index (χ1) is 14.5. The van der Waals surface area contributed by atoms with Crippen LogP contribution in [0, 0.1) is 18.3 Å². The molecule has 1 saturated carbocycles. The number of ether oxygens (including phenoxy) is 2. The maximum absolute atomic E-state index is 10.1. The molecule has 2 aromatic heterocycles. The van der Waals surface area contributed by atoms with Crippen LogP contribution in [-0.4, -0.2) is 47.4 Å². The van der Waals surface area contributed by atoms with E-state index in [1.807, 2.05) is 6.92 Å². The molecule has 0 radical (unpaired) electrons. The van der Waals surface area contributed by atoms with Gasteiger partial charge in [-0.25, -0.2) is 15.0 Å². The van der Waals surface area contributed by atoms with Crippen molar-refractivity contribution in [2.45, 2.75) is 52.6 Å². The molecule has 0 bridgehead atoms. The Morgan fingerprint density at radius 3 is 2.53 bits per heavy atom. The smallest absolute Gasteiger partial charge is 0.216 e. The number of pyridine rings is 1. The summed E-state index contributed by atoms with van der Waals surface area (Å²) < 4.78 is 10.7. The predicted octanol–water partition coefficient (Wildman–Crippen LogP) is 3.76. The van der Waals surface area contributed by atoms with Gasteiger partial charge < -0.3 is 19.5 Å². The van der Waals surface area contributed by atoms with E-state index in [1.165, 1.54) is 32.1 Å². The normalized spacial score (nSPS) is 20.6. The van der Waals surface area contributed by atoms with Crippen LogP contribution in [0.15, 0.2) is 12.3 Å². The standard InChI is InChI=1S/C23H32N4O3/c1-15-6-5-7-23(15)8-10-27(11-9-23)22-18(14-28)26-21(16(2)25-22)17-13-24-20(30-4)12-19(17)29-3/h12-13,15,28H,5-11,14H2,1-4H3/t15-/m1/s1. The number of nitrogens with zero attached hydrogens (tertiary/aromatic N) is 4. The monoisotopic (exact) mass is 412 g/mol. The van der Waals surface area contributed by atoms with Gasteiger partial charge >= 0.3 is 0 Å². The van der Waals surface area contributed by atoms with Crippen LogP contribution in [0.4, 0.5) is 5.82 Å². The van der Waals surface area contributed by atoms with Gasteiger partial charge in [0.2, 0.25) is 5.88 Å². The lowest BCUT2D eigenvalue weighted by molar-refractivity contribution is 0.161. The van der Waals surface area contributed by atoms with Gasteiger partial charge in [0.25, 0.3) is 0 Å². The fraction of sp³-hybridized carbons (Fsp3) is 0.609. The zero-order valence-corrected chi connectivity index (χ0v) is 18.4. The number of aryl methyl sites for hydroxylation is 1. The number of hydrogen-bond donors (Lipinski definition) is 1. The number of anilines is 1. The van der Waals surface area contributed by atoms with E-state index in [9.17, 15) is 5.11 Å². The fourth-order valence-corrected chi connectivity index (χ4v) is 5.25. The van der Waals surface area contributed by atoms with Crippen molar-refractivity contribution in [2.24, 2.45) is 11.3 Å². The Morgan fingerprint density at radius 1 is 1.17 bits per heavy atom. The topological polar surface area (TPSA) is 80.6 Å². The van der Waals surface area contributed by atoms with Gasteiger partial charge in [-0.3, -0.25) is 0 Å². The second-order valence-electron chi connectivity index (χ2n) is 8.66. The minimum atomic E-state index is -0.153. The van der Waals surface area contributed by atoms with E-state index in [4.69, 9.17) is 19.4 Å². The largest absolute Gasteiger partial charge is 0.496 e. The van der Waals surface area contributed by atoms with Crippen LogP contribution in [0.2, 0.25) is 0 Å². The predicted molar refractivity (Wildman–Crippen MR) is 116 cm³/mol. The molecule has 1 aliphatic carbocycles. The van der Waals surface area contributed by atoms with E-state index in [-0.39, 0.29) is 6.61 Å². The first kappa shape index (κ1) is 20.8. The number of rotatable bonds is 5. The Morgan fingerprint density at radius 2 is 1.93 bits per heavy atom. The van der Waals surface area contributed by atoms with E-state index >= 15 is 0 Å². The molecule has 0 aromatic carbocycles. The Hall–Kier alpha value is -2.41. The molecule has 7 nitrogen and oxygen atoms in total. The summed E-state index contributed by atoms with van der Waals surface area (Å²) in [5.41, 5.74) is 3.31. The summed E-state index contributed by atoms with van der Waals surface area (Å²) in [6.07, 6.45) is 8.13. The third kappa shape index (κ3) is 3.60. The molecular formula is C23H32N4O3. The summed E-state index contributed by atoms with van der Waals surface area (Å²) in [6.45, 7) is 6.15. The van der Waals surface area contributed by atoms with Crippen molar-refractivity contribution < 1.29 is 14.6 Å². The first-order valence-electron chi connectivity index (χ1n) is 10.8. The molecule has 1 atom stereocenters. The van der Waals surface area contributed by atoms with E-state index in [1.54, 1.807) is 26.5 Å². The van der Waals surface area contributed by atoms with Crippen molar-refractivity contribution in [1.82, 2.24) is 15.0 Å². The van der Waals surface area contributed by atoms with Gasteiger partial charge in [0.1, 0.15) is 11.4 Å². The van der Waals surface area contributed by atoms with Crippen molar-refractivity contribution in [2.75, 3.05) is 32.2 Å². The van der Waals surface area contributed by atoms with E-state index in [2.05, 4.69) is 16.8 Å². The summed E-state index contributed by atoms with van der Waals surface area (Å²) in [4.78, 5) is 16.3. The van der Waals surface area contributed by atoms with Crippen molar-refractivity contribution in [3.05, 3.63) is 23.7 Å². The van der Waals surface area contributed by atoms with E-state index in [0.717, 1.165) is 36.1 Å². The van der Waals surface area contributed by atoms with Crippen molar-refractivity contribution >= 4 is 5.82 Å². The molecule has 162 valence electrons. The van der Waals surface area contributed by atoms with Gasteiger partial charge in [0.05, 0.1) is 37.8 Å². The Labute approximate surface area is 178 Å². The molecule has 0 unspecified atom stereocenters. The number of aliphatic hydroxyl groups excluding tert-OH is 1. The average molecular weight is 413 g/mol. The number of aromatic nitrogens is 3. The molecule has 2 aliphatic rings. The highest BCUT2D eigenvalue weighted by Gasteiger charge is 2.42. The van der Waals surface area contributed by atoms with Gasteiger partial charge in [-0.2, -0.15) is 0 Å². The van der Waals surface area contributed by atoms with Gasteiger partial charge in [0.15, 0.2) is 5.82 Å². The highest BCUT2D eigenvalue weighted by atomic mass is 16.5. The van der Waals surface area contributed by atoms with E-state index in [0.29, 0.717) is 28.4 Å². The molecule has 4 rings (SSSR count). The second kappa shape index (κ2) is 8.38. The Bertz CT molecular complexity index is 910. The SMILES string of the molecule is COc1cc(OC)c(-c2nc(CO)c(N3CCC4(CCC[C@H]4C)CC3)nc2C)cn1. The molecule has 2 aromatic rings. The van der Waals surface area contributed by atoms with Crippen LogP contribution >= 0.6 is 0 Å². The van der Waals surface area contributed by atoms with Gasteiger partial charge in [-0.15, -0.1) is 0 Å². The maximum Gasteiger partial charge on any atom is 0.216 e. The summed E-state index contributed by atoms with van der Waals surface area (Å²) in [5.74, 6) is 2.71. The van der Waals surface area contributed by atoms with Crippen molar-refractivity contribution in [1.29, 1.82) is 0 Å². The van der Waals surface area contributed by atoms with E-state index < -0.39 is 0 Å². The molecule has 1 N–H and O–H groups in total. The van der Waals surface area contributed by atoms with Crippen molar-refractivity contribution in [3.8, 4) is 22.9 Å². The minimum Gasteiger partial charge on any atom is -0.496 e. The molecule has 0 amide bonds. The Kier molecular flexibility index (Phi) is 5.82. The Balaban J connectivity index is 1.64. The molecule has 1 saturated heterocycles. The average Bonchev–Trinajstić information content (AvgIpc) is 3.13. The molecule has 1 aliphatic heterocycles. The molecule has 2 fully saturated rings. The zero-order valence-electron chi connectivity index (χ0n) is 18.4. The van der Waals surface area contributed by atoms with Crippen LogP contribution < -0.4 is 14.4 Å². The molecule has 7 heteroatoms. The quantitative estimate of drug-likeness (QED) is 0.801. The first-order valence-corrected chi connectivity index (χ1v) is 10.8. The van der Waals surface area contributed by atoms with Crippen LogP contribution in [0.25, 0.3) is 11.3 Å². The number of methoxy groups -OCH3 is 2. The van der Waals surface area contributed by atoms with Crippen LogP contribution in [-0.2, 0) is 6.61 Å². The minimum absolute atomic E-state index is 0.153. The molecular weight excluding hydrogens is 380 g/mol. The summed E-state index contributed by atoms with van der Waals surface area (Å²) in [5, 5.41) is 10.1. The highest BCUT2D eigenvalue weighted by Crippen LogP contribution is 2.50. The van der Waals surface area contributed by atoms with Crippen LogP contribution in [0.1, 0.15) is 50.4 Å². The maximum atomic E-state index is 10.1. The number of aliphatic hydroxyl groups is 1. The van der Waals surface area contributed by atoms with Gasteiger partial charge in [0, 0.05) is 25.4 Å². The molecule has 30 heavy (non-hydrogen) atoms. The lowest BCUT2D eigenvalue weighted by Crippen LogP contribution is -2.42. The summed E-state index contributed by atoms with van der Waals surface area (Å²) in [7, 11) is 3.18. The lowest BCUT2D eigenvalue weighted by Gasteiger charge is -2.43. The molecule has 1 spiro atoms. The highest BCUT2D eigenvalue weighted by molar-refractivity contribution is 5.70. The number of piperidine rings is 1. The van der Waals surface area contributed by atoms with Gasteiger partial charge in [-0.1, -0.05) is 19.8 Å². The molecule has 3 heterocycles. The zero-order chi connectivity index (χ0) is 21.3. The lowest BCUT2D eigenvalue weighted by atomic mass is 9.71. The van der Waals surface area contributed by atoms with Crippen LogP contribution in [0.5, 0.6) is 11.6 Å². The van der Waals surface area contributed by atoms with Crippen molar-refractivity contribution in [3.63, 3.8) is 0 Å². The third-order valence-electron chi connectivity index (χ3n) is 7.21.